The molecule has 4 nitrogen and oxygen atoms in total. The molecule has 0 fully saturated rings. The molecule has 0 aliphatic carbocycles. The topological polar surface area (TPSA) is 53.6 Å². The molecule has 16 heavy (non-hydrogen) atoms. The first-order valence-corrected chi connectivity index (χ1v) is 5.45. The van der Waals surface area contributed by atoms with Crippen LogP contribution >= 0.6 is 0 Å². The summed E-state index contributed by atoms with van der Waals surface area (Å²) in [6.07, 6.45) is 6.43. The molecule has 0 spiro atoms. The first-order valence-electron chi connectivity index (χ1n) is 5.45. The highest BCUT2D eigenvalue weighted by molar-refractivity contribution is 5.11. The third-order valence-corrected chi connectivity index (χ3v) is 2.37. The van der Waals surface area contributed by atoms with Crippen LogP contribution in [0.1, 0.15) is 17.1 Å². The zero-order valence-electron chi connectivity index (χ0n) is 9.40. The Labute approximate surface area is 95.1 Å². The van der Waals surface area contributed by atoms with Gasteiger partial charge in [-0.25, -0.2) is 4.98 Å². The summed E-state index contributed by atoms with van der Waals surface area (Å²) < 4.78 is 0. The van der Waals surface area contributed by atoms with E-state index in [0.29, 0.717) is 0 Å². The molecule has 0 aliphatic rings. The van der Waals surface area contributed by atoms with Gasteiger partial charge >= 0.3 is 0 Å². The Balaban J connectivity index is 1.70. The van der Waals surface area contributed by atoms with Gasteiger partial charge < -0.3 is 10.3 Å². The standard InChI is InChI=1S/C12H16N4/c1-10-2-3-11(16-8-10)9-13-5-4-12-14-6-7-15-12/h2-3,6-8,13H,4-5,9H2,1H3,(H,14,15). The zero-order valence-corrected chi connectivity index (χ0v) is 9.40. The average molecular weight is 216 g/mol. The molecule has 0 saturated heterocycles. The van der Waals surface area contributed by atoms with Crippen molar-refractivity contribution < 1.29 is 0 Å². The van der Waals surface area contributed by atoms with Crippen LogP contribution in [0.5, 0.6) is 0 Å². The maximum Gasteiger partial charge on any atom is 0.107 e. The molecule has 0 aromatic carbocycles. The maximum atomic E-state index is 4.33. The van der Waals surface area contributed by atoms with E-state index in [4.69, 9.17) is 0 Å². The third kappa shape index (κ3) is 3.17. The summed E-state index contributed by atoms with van der Waals surface area (Å²) in [4.78, 5) is 11.6. The van der Waals surface area contributed by atoms with E-state index >= 15 is 0 Å². The van der Waals surface area contributed by atoms with E-state index in [9.17, 15) is 0 Å². The number of imidazole rings is 1. The second-order valence-electron chi connectivity index (χ2n) is 3.79. The number of hydrogen-bond donors (Lipinski definition) is 2. The fourth-order valence-electron chi connectivity index (χ4n) is 1.46. The Morgan fingerprint density at radius 2 is 2.25 bits per heavy atom. The summed E-state index contributed by atoms with van der Waals surface area (Å²) in [6, 6.07) is 4.13. The van der Waals surface area contributed by atoms with Crippen molar-refractivity contribution in [3.8, 4) is 0 Å². The van der Waals surface area contributed by atoms with Gasteiger partial charge in [-0.05, 0) is 18.6 Å². The minimum absolute atomic E-state index is 0.807. The van der Waals surface area contributed by atoms with Crippen molar-refractivity contribution in [2.45, 2.75) is 19.9 Å². The Morgan fingerprint density at radius 3 is 2.94 bits per heavy atom. The van der Waals surface area contributed by atoms with E-state index in [1.165, 1.54) is 5.56 Å². The van der Waals surface area contributed by atoms with Crippen LogP contribution in [0.2, 0.25) is 0 Å². The molecule has 0 unspecified atom stereocenters. The van der Waals surface area contributed by atoms with E-state index < -0.39 is 0 Å². The van der Waals surface area contributed by atoms with Gasteiger partial charge in [0.2, 0.25) is 0 Å². The molecule has 2 heterocycles. The summed E-state index contributed by atoms with van der Waals surface area (Å²) in [7, 11) is 0. The number of H-pyrrole nitrogens is 1. The largest absolute Gasteiger partial charge is 0.349 e. The first kappa shape index (κ1) is 10.8. The molecule has 2 aromatic heterocycles. The summed E-state index contributed by atoms with van der Waals surface area (Å²) in [6.45, 7) is 3.76. The number of aromatic nitrogens is 3. The fourth-order valence-corrected chi connectivity index (χ4v) is 1.46. The predicted octanol–water partition coefficient (Wildman–Crippen LogP) is 1.45. The molecule has 2 rings (SSSR count). The number of pyridine rings is 1. The summed E-state index contributed by atoms with van der Waals surface area (Å²) in [5, 5.41) is 3.34. The molecule has 0 radical (unpaired) electrons. The van der Waals surface area contributed by atoms with Crippen molar-refractivity contribution in [2.75, 3.05) is 6.54 Å². The van der Waals surface area contributed by atoms with E-state index in [1.807, 2.05) is 19.3 Å². The highest BCUT2D eigenvalue weighted by atomic mass is 14.9. The van der Waals surface area contributed by atoms with Crippen molar-refractivity contribution in [1.82, 2.24) is 20.3 Å². The number of aryl methyl sites for hydroxylation is 1. The lowest BCUT2D eigenvalue weighted by molar-refractivity contribution is 0.663. The maximum absolute atomic E-state index is 4.33. The van der Waals surface area contributed by atoms with Crippen molar-refractivity contribution in [3.05, 3.63) is 47.8 Å². The van der Waals surface area contributed by atoms with E-state index in [-0.39, 0.29) is 0 Å². The third-order valence-electron chi connectivity index (χ3n) is 2.37. The Hall–Kier alpha value is -1.68. The van der Waals surface area contributed by atoms with Crippen LogP contribution in [-0.4, -0.2) is 21.5 Å². The van der Waals surface area contributed by atoms with E-state index in [0.717, 1.165) is 31.0 Å². The van der Waals surface area contributed by atoms with Crippen LogP contribution in [0.25, 0.3) is 0 Å². The van der Waals surface area contributed by atoms with E-state index in [1.54, 1.807) is 6.20 Å². The van der Waals surface area contributed by atoms with Crippen LogP contribution in [0.4, 0.5) is 0 Å². The van der Waals surface area contributed by atoms with Gasteiger partial charge in [0.1, 0.15) is 5.82 Å². The number of aromatic amines is 1. The first-order chi connectivity index (χ1) is 7.84. The normalized spacial score (nSPS) is 10.6. The second kappa shape index (κ2) is 5.42. The number of rotatable bonds is 5. The molecule has 0 amide bonds. The molecule has 84 valence electrons. The molecular formula is C12H16N4. The summed E-state index contributed by atoms with van der Waals surface area (Å²) in [5.74, 6) is 1.02. The lowest BCUT2D eigenvalue weighted by Gasteiger charge is -2.03. The summed E-state index contributed by atoms with van der Waals surface area (Å²) >= 11 is 0. The second-order valence-corrected chi connectivity index (χ2v) is 3.79. The average Bonchev–Trinajstić information content (AvgIpc) is 2.80. The lowest BCUT2D eigenvalue weighted by Crippen LogP contribution is -2.17. The van der Waals surface area contributed by atoms with Crippen molar-refractivity contribution >= 4 is 0 Å². The number of nitrogens with zero attached hydrogens (tertiary/aromatic N) is 2. The molecule has 0 bridgehead atoms. The van der Waals surface area contributed by atoms with Gasteiger partial charge in [-0.2, -0.15) is 0 Å². The molecular weight excluding hydrogens is 200 g/mol. The Morgan fingerprint density at radius 1 is 1.31 bits per heavy atom. The minimum Gasteiger partial charge on any atom is -0.349 e. The number of hydrogen-bond acceptors (Lipinski definition) is 3. The number of nitrogens with one attached hydrogen (secondary N) is 2. The lowest BCUT2D eigenvalue weighted by atomic mass is 10.3. The summed E-state index contributed by atoms with van der Waals surface area (Å²) in [5.41, 5.74) is 2.27. The van der Waals surface area contributed by atoms with Crippen LogP contribution < -0.4 is 5.32 Å². The molecule has 0 atom stereocenters. The van der Waals surface area contributed by atoms with Crippen molar-refractivity contribution in [1.29, 1.82) is 0 Å². The van der Waals surface area contributed by atoms with Gasteiger partial charge in [0.15, 0.2) is 0 Å². The smallest absolute Gasteiger partial charge is 0.107 e. The molecule has 0 saturated carbocycles. The van der Waals surface area contributed by atoms with Gasteiger partial charge in [-0.15, -0.1) is 0 Å². The monoisotopic (exact) mass is 216 g/mol. The fraction of sp³-hybridized carbons (Fsp3) is 0.333. The van der Waals surface area contributed by atoms with Crippen LogP contribution in [0, 0.1) is 6.92 Å². The SMILES string of the molecule is Cc1ccc(CNCCc2ncc[nH]2)nc1. The molecule has 2 aromatic rings. The highest BCUT2D eigenvalue weighted by Gasteiger charge is 1.96. The predicted molar refractivity (Wildman–Crippen MR) is 63.0 cm³/mol. The quantitative estimate of drug-likeness (QED) is 0.744. The van der Waals surface area contributed by atoms with Gasteiger partial charge in [0.05, 0.1) is 5.69 Å². The Kier molecular flexibility index (Phi) is 3.66. The van der Waals surface area contributed by atoms with Crippen LogP contribution in [0.15, 0.2) is 30.7 Å². The Bertz CT molecular complexity index is 405. The van der Waals surface area contributed by atoms with Crippen LogP contribution in [0.3, 0.4) is 0 Å². The molecule has 2 N–H and O–H groups in total. The van der Waals surface area contributed by atoms with Gasteiger partial charge in [0.25, 0.3) is 0 Å². The van der Waals surface area contributed by atoms with Crippen LogP contribution in [-0.2, 0) is 13.0 Å². The van der Waals surface area contributed by atoms with Crippen molar-refractivity contribution in [2.24, 2.45) is 0 Å². The molecule has 4 heteroatoms. The molecule has 0 aliphatic heterocycles. The van der Waals surface area contributed by atoms with E-state index in [2.05, 4.69) is 32.4 Å². The zero-order chi connectivity index (χ0) is 11.2. The van der Waals surface area contributed by atoms with Gasteiger partial charge in [-0.1, -0.05) is 6.07 Å². The van der Waals surface area contributed by atoms with Gasteiger partial charge in [0, 0.05) is 38.1 Å². The van der Waals surface area contributed by atoms with Crippen molar-refractivity contribution in [3.63, 3.8) is 0 Å². The highest BCUT2D eigenvalue weighted by Crippen LogP contribution is 1.97. The minimum atomic E-state index is 0.807. The van der Waals surface area contributed by atoms with Gasteiger partial charge in [-0.3, -0.25) is 4.98 Å².